The van der Waals surface area contributed by atoms with Gasteiger partial charge in [0, 0.05) is 5.57 Å². The van der Waals surface area contributed by atoms with Crippen LogP contribution in [0.25, 0.3) is 0 Å². The lowest BCUT2D eigenvalue weighted by Crippen LogP contribution is -2.01. The SMILES string of the molecule is C\C=C/C=C1/C=C(C)C=C/C1=N\O. The summed E-state index contributed by atoms with van der Waals surface area (Å²) in [5.74, 6) is 0. The molecule has 1 N–H and O–H groups in total. The molecule has 0 atom stereocenters. The molecule has 13 heavy (non-hydrogen) atoms. The molecule has 0 aromatic carbocycles. The highest BCUT2D eigenvalue weighted by Crippen LogP contribution is 2.13. The van der Waals surface area contributed by atoms with E-state index in [4.69, 9.17) is 5.21 Å². The van der Waals surface area contributed by atoms with E-state index in [2.05, 4.69) is 5.16 Å². The molecule has 0 fully saturated rings. The predicted octanol–water partition coefficient (Wildman–Crippen LogP) is 2.84. The number of rotatable bonds is 1. The van der Waals surface area contributed by atoms with Crippen molar-refractivity contribution in [3.8, 4) is 0 Å². The highest BCUT2D eigenvalue weighted by molar-refractivity contribution is 6.11. The Balaban J connectivity index is 3.00. The van der Waals surface area contributed by atoms with Crippen LogP contribution in [-0.4, -0.2) is 10.9 Å². The third-order valence-electron chi connectivity index (χ3n) is 1.76. The van der Waals surface area contributed by atoms with Crippen LogP contribution in [0.15, 0.2) is 52.8 Å². The molecule has 1 rings (SSSR count). The van der Waals surface area contributed by atoms with Crippen LogP contribution in [0.5, 0.6) is 0 Å². The van der Waals surface area contributed by atoms with E-state index in [0.29, 0.717) is 5.71 Å². The number of oxime groups is 1. The summed E-state index contributed by atoms with van der Waals surface area (Å²) in [5, 5.41) is 11.9. The van der Waals surface area contributed by atoms with Gasteiger partial charge >= 0.3 is 0 Å². The average Bonchev–Trinajstić information content (AvgIpc) is 2.15. The van der Waals surface area contributed by atoms with Crippen molar-refractivity contribution >= 4 is 5.71 Å². The minimum atomic E-state index is 0.601. The van der Waals surface area contributed by atoms with Gasteiger partial charge in [0.1, 0.15) is 5.71 Å². The molecule has 0 amide bonds. The van der Waals surface area contributed by atoms with Crippen molar-refractivity contribution < 1.29 is 5.21 Å². The summed E-state index contributed by atoms with van der Waals surface area (Å²) in [7, 11) is 0. The van der Waals surface area contributed by atoms with Gasteiger partial charge < -0.3 is 5.21 Å². The van der Waals surface area contributed by atoms with Crippen molar-refractivity contribution in [2.45, 2.75) is 13.8 Å². The molecule has 0 saturated heterocycles. The lowest BCUT2D eigenvalue weighted by molar-refractivity contribution is 0.320. The predicted molar refractivity (Wildman–Crippen MR) is 55.0 cm³/mol. The minimum absolute atomic E-state index is 0.601. The van der Waals surface area contributed by atoms with E-state index in [1.165, 1.54) is 0 Å². The summed E-state index contributed by atoms with van der Waals surface area (Å²) in [6.07, 6.45) is 11.5. The minimum Gasteiger partial charge on any atom is -0.410 e. The molecule has 0 saturated carbocycles. The van der Waals surface area contributed by atoms with Gasteiger partial charge in [0.2, 0.25) is 0 Å². The highest BCUT2D eigenvalue weighted by atomic mass is 16.4. The first kappa shape index (κ1) is 9.52. The first-order valence-electron chi connectivity index (χ1n) is 4.19. The quantitative estimate of drug-likeness (QED) is 0.482. The molecule has 0 unspecified atom stereocenters. The van der Waals surface area contributed by atoms with Crippen LogP contribution in [-0.2, 0) is 0 Å². The Kier molecular flexibility index (Phi) is 3.26. The first-order chi connectivity index (χ1) is 6.27. The lowest BCUT2D eigenvalue weighted by atomic mass is 10.0. The number of hydrogen-bond donors (Lipinski definition) is 1. The second kappa shape index (κ2) is 4.45. The third-order valence-corrected chi connectivity index (χ3v) is 1.76. The lowest BCUT2D eigenvalue weighted by Gasteiger charge is -2.06. The zero-order valence-corrected chi connectivity index (χ0v) is 7.86. The molecule has 1 aliphatic rings. The van der Waals surface area contributed by atoms with Gasteiger partial charge in [-0.3, -0.25) is 0 Å². The molecule has 0 radical (unpaired) electrons. The maximum Gasteiger partial charge on any atom is 0.109 e. The number of nitrogens with zero attached hydrogens (tertiary/aromatic N) is 1. The van der Waals surface area contributed by atoms with Crippen molar-refractivity contribution in [1.82, 2.24) is 0 Å². The van der Waals surface area contributed by atoms with Crippen LogP contribution >= 0.6 is 0 Å². The fraction of sp³-hybridized carbons (Fsp3) is 0.182. The van der Waals surface area contributed by atoms with Crippen molar-refractivity contribution in [2.75, 3.05) is 0 Å². The molecule has 0 heterocycles. The fourth-order valence-corrected chi connectivity index (χ4v) is 1.10. The van der Waals surface area contributed by atoms with Gasteiger partial charge in [-0.15, -0.1) is 0 Å². The van der Waals surface area contributed by atoms with E-state index in [1.54, 1.807) is 6.08 Å². The Morgan fingerprint density at radius 1 is 1.38 bits per heavy atom. The summed E-state index contributed by atoms with van der Waals surface area (Å²) in [6, 6.07) is 0. The van der Waals surface area contributed by atoms with Gasteiger partial charge in [-0.25, -0.2) is 0 Å². The second-order valence-electron chi connectivity index (χ2n) is 2.85. The number of hydrogen-bond acceptors (Lipinski definition) is 2. The van der Waals surface area contributed by atoms with Gasteiger partial charge in [0.05, 0.1) is 0 Å². The maximum atomic E-state index is 8.69. The Hall–Kier alpha value is -1.57. The maximum absolute atomic E-state index is 8.69. The summed E-state index contributed by atoms with van der Waals surface area (Å²) in [6.45, 7) is 3.95. The zero-order valence-electron chi connectivity index (χ0n) is 7.86. The van der Waals surface area contributed by atoms with Crippen molar-refractivity contribution in [2.24, 2.45) is 5.16 Å². The van der Waals surface area contributed by atoms with Crippen LogP contribution in [0.2, 0.25) is 0 Å². The van der Waals surface area contributed by atoms with Gasteiger partial charge in [-0.2, -0.15) is 0 Å². The third kappa shape index (κ3) is 2.44. The Labute approximate surface area is 78.3 Å². The average molecular weight is 175 g/mol. The summed E-state index contributed by atoms with van der Waals surface area (Å²) in [4.78, 5) is 0. The molecule has 2 nitrogen and oxygen atoms in total. The molecule has 0 aromatic heterocycles. The molecule has 0 bridgehead atoms. The van der Waals surface area contributed by atoms with Crippen LogP contribution < -0.4 is 0 Å². The van der Waals surface area contributed by atoms with Crippen LogP contribution in [0.1, 0.15) is 13.8 Å². The van der Waals surface area contributed by atoms with Crippen molar-refractivity contribution in [3.63, 3.8) is 0 Å². The van der Waals surface area contributed by atoms with Gasteiger partial charge in [-0.05, 0) is 26.0 Å². The Bertz CT molecular complexity index is 330. The van der Waals surface area contributed by atoms with Crippen molar-refractivity contribution in [3.05, 3.63) is 47.6 Å². The monoisotopic (exact) mass is 175 g/mol. The van der Waals surface area contributed by atoms with E-state index in [-0.39, 0.29) is 0 Å². The summed E-state index contributed by atoms with van der Waals surface area (Å²) in [5.41, 5.74) is 2.69. The Morgan fingerprint density at radius 3 is 2.77 bits per heavy atom. The molecule has 0 spiro atoms. The van der Waals surface area contributed by atoms with E-state index >= 15 is 0 Å². The molecular weight excluding hydrogens is 162 g/mol. The zero-order chi connectivity index (χ0) is 9.68. The number of allylic oxidation sites excluding steroid dienone is 8. The van der Waals surface area contributed by atoms with E-state index in [9.17, 15) is 0 Å². The van der Waals surface area contributed by atoms with Crippen LogP contribution in [0, 0.1) is 0 Å². The first-order valence-corrected chi connectivity index (χ1v) is 4.19. The van der Waals surface area contributed by atoms with Gasteiger partial charge in [0.25, 0.3) is 0 Å². The topological polar surface area (TPSA) is 32.6 Å². The molecule has 0 aromatic rings. The fourth-order valence-electron chi connectivity index (χ4n) is 1.10. The summed E-state index contributed by atoms with van der Waals surface area (Å²) >= 11 is 0. The van der Waals surface area contributed by atoms with Crippen LogP contribution in [0.4, 0.5) is 0 Å². The Morgan fingerprint density at radius 2 is 2.15 bits per heavy atom. The molecule has 68 valence electrons. The molecular formula is C11H13NO. The van der Waals surface area contributed by atoms with E-state index in [1.807, 2.05) is 44.2 Å². The van der Waals surface area contributed by atoms with Crippen LogP contribution in [0.3, 0.4) is 0 Å². The molecule has 0 aliphatic heterocycles. The summed E-state index contributed by atoms with van der Waals surface area (Å²) < 4.78 is 0. The second-order valence-corrected chi connectivity index (χ2v) is 2.85. The molecule has 2 heteroatoms. The standard InChI is InChI=1S/C11H13NO/c1-3-4-5-10-8-9(2)6-7-11(10)12-13/h3-8,13H,1-2H3/b4-3-,10-5-,12-11+. The molecule has 1 aliphatic carbocycles. The van der Waals surface area contributed by atoms with E-state index in [0.717, 1.165) is 11.1 Å². The van der Waals surface area contributed by atoms with Crippen molar-refractivity contribution in [1.29, 1.82) is 0 Å². The smallest absolute Gasteiger partial charge is 0.109 e. The normalized spacial score (nSPS) is 23.1. The van der Waals surface area contributed by atoms with Gasteiger partial charge in [0.15, 0.2) is 0 Å². The van der Waals surface area contributed by atoms with Gasteiger partial charge in [-0.1, -0.05) is 35.0 Å². The highest BCUT2D eigenvalue weighted by Gasteiger charge is 2.05. The largest absolute Gasteiger partial charge is 0.410 e. The van der Waals surface area contributed by atoms with E-state index < -0.39 is 0 Å².